The second kappa shape index (κ2) is 7.99. The van der Waals surface area contributed by atoms with Crippen molar-refractivity contribution in [2.24, 2.45) is 0 Å². The van der Waals surface area contributed by atoms with Gasteiger partial charge in [-0.05, 0) is 18.6 Å². The molecule has 0 saturated carbocycles. The van der Waals surface area contributed by atoms with Crippen molar-refractivity contribution in [2.75, 3.05) is 6.61 Å². The molecule has 5 heteroatoms. The number of aliphatic carboxylic acids is 1. The smallest absolute Gasteiger partial charge is 0.326 e. The van der Waals surface area contributed by atoms with Crippen LogP contribution in [0.5, 0.6) is 5.75 Å². The minimum absolute atomic E-state index is 0.279. The first-order valence-corrected chi connectivity index (χ1v) is 6.46. The first kappa shape index (κ1) is 15.8. The van der Waals surface area contributed by atoms with Crippen molar-refractivity contribution in [3.8, 4) is 5.75 Å². The Labute approximate surface area is 118 Å². The lowest BCUT2D eigenvalue weighted by atomic mass is 10.1. The molecule has 1 amide bonds. The van der Waals surface area contributed by atoms with Crippen molar-refractivity contribution in [1.29, 1.82) is 0 Å². The maximum atomic E-state index is 12.1. The van der Waals surface area contributed by atoms with Crippen molar-refractivity contribution in [3.05, 3.63) is 42.5 Å². The number of rotatable bonds is 8. The zero-order chi connectivity index (χ0) is 15.0. The Hall–Kier alpha value is -2.30. The van der Waals surface area contributed by atoms with Crippen LogP contribution in [0.1, 0.15) is 30.1 Å². The highest BCUT2D eigenvalue weighted by Gasteiger charge is 2.21. The standard InChI is InChI=1S/C15H19NO4/c1-3-7-12(15(18)19)16-14(17)11-8-5-6-9-13(11)20-10-4-2/h4-6,8-9,12H,2-3,7,10H2,1H3,(H,16,17)(H,18,19)/t12-/m1/s1. The molecule has 20 heavy (non-hydrogen) atoms. The molecule has 0 spiro atoms. The van der Waals surface area contributed by atoms with Gasteiger partial charge in [-0.1, -0.05) is 38.1 Å². The Kier molecular flexibility index (Phi) is 6.29. The minimum Gasteiger partial charge on any atom is -0.489 e. The molecular formula is C15H19NO4. The minimum atomic E-state index is -1.04. The van der Waals surface area contributed by atoms with Gasteiger partial charge in [0.25, 0.3) is 5.91 Å². The van der Waals surface area contributed by atoms with E-state index in [1.165, 1.54) is 0 Å². The van der Waals surface area contributed by atoms with Crippen molar-refractivity contribution < 1.29 is 19.4 Å². The van der Waals surface area contributed by atoms with Gasteiger partial charge in [-0.25, -0.2) is 4.79 Å². The Balaban J connectivity index is 2.85. The number of carboxylic acid groups (broad SMARTS) is 1. The van der Waals surface area contributed by atoms with Gasteiger partial charge in [-0.15, -0.1) is 0 Å². The van der Waals surface area contributed by atoms with Gasteiger partial charge < -0.3 is 15.2 Å². The number of hydrogen-bond donors (Lipinski definition) is 2. The topological polar surface area (TPSA) is 75.6 Å². The highest BCUT2D eigenvalue weighted by Crippen LogP contribution is 2.18. The second-order valence-electron chi connectivity index (χ2n) is 4.25. The number of carboxylic acids is 1. The molecule has 1 rings (SSSR count). The maximum Gasteiger partial charge on any atom is 0.326 e. The van der Waals surface area contributed by atoms with Crippen LogP contribution in [0.15, 0.2) is 36.9 Å². The Morgan fingerprint density at radius 3 is 2.75 bits per heavy atom. The third-order valence-corrected chi connectivity index (χ3v) is 2.67. The van der Waals surface area contributed by atoms with Gasteiger partial charge in [0, 0.05) is 0 Å². The summed E-state index contributed by atoms with van der Waals surface area (Å²) in [7, 11) is 0. The van der Waals surface area contributed by atoms with Crippen LogP contribution in [0.3, 0.4) is 0 Å². The summed E-state index contributed by atoms with van der Waals surface area (Å²) in [5, 5.41) is 11.6. The van der Waals surface area contributed by atoms with Gasteiger partial charge in [0.2, 0.25) is 0 Å². The van der Waals surface area contributed by atoms with Gasteiger partial charge in [0.1, 0.15) is 18.4 Å². The molecule has 0 unspecified atom stereocenters. The molecular weight excluding hydrogens is 258 g/mol. The largest absolute Gasteiger partial charge is 0.489 e. The maximum absolute atomic E-state index is 12.1. The Morgan fingerprint density at radius 1 is 1.45 bits per heavy atom. The number of hydrogen-bond acceptors (Lipinski definition) is 3. The molecule has 1 atom stereocenters. The monoisotopic (exact) mass is 277 g/mol. The molecule has 5 nitrogen and oxygen atoms in total. The van der Waals surface area contributed by atoms with Gasteiger partial charge in [-0.3, -0.25) is 4.79 Å². The Morgan fingerprint density at radius 2 is 2.15 bits per heavy atom. The summed E-state index contributed by atoms with van der Waals surface area (Å²) in [6.07, 6.45) is 2.63. The number of para-hydroxylation sites is 1. The molecule has 0 bridgehead atoms. The third kappa shape index (κ3) is 4.42. The predicted octanol–water partition coefficient (Wildman–Crippen LogP) is 2.23. The quantitative estimate of drug-likeness (QED) is 0.714. The summed E-state index contributed by atoms with van der Waals surface area (Å²) in [5.74, 6) is -1.08. The molecule has 0 aromatic heterocycles. The summed E-state index contributed by atoms with van der Waals surface area (Å²) < 4.78 is 5.38. The highest BCUT2D eigenvalue weighted by molar-refractivity contribution is 5.98. The fraction of sp³-hybridized carbons (Fsp3) is 0.333. The number of benzene rings is 1. The molecule has 0 saturated heterocycles. The molecule has 2 N–H and O–H groups in total. The molecule has 0 heterocycles. The Bertz CT molecular complexity index is 485. The number of nitrogens with one attached hydrogen (secondary N) is 1. The molecule has 0 aliphatic carbocycles. The van der Waals surface area contributed by atoms with Gasteiger partial charge in [-0.2, -0.15) is 0 Å². The lowest BCUT2D eigenvalue weighted by Gasteiger charge is -2.15. The number of amides is 1. The van der Waals surface area contributed by atoms with E-state index in [0.717, 1.165) is 0 Å². The van der Waals surface area contributed by atoms with Crippen molar-refractivity contribution in [1.82, 2.24) is 5.32 Å². The number of carbonyl (C=O) groups excluding carboxylic acids is 1. The van der Waals surface area contributed by atoms with E-state index in [9.17, 15) is 9.59 Å². The molecule has 0 fully saturated rings. The highest BCUT2D eigenvalue weighted by atomic mass is 16.5. The lowest BCUT2D eigenvalue weighted by molar-refractivity contribution is -0.139. The van der Waals surface area contributed by atoms with E-state index in [1.54, 1.807) is 30.3 Å². The average molecular weight is 277 g/mol. The van der Waals surface area contributed by atoms with E-state index >= 15 is 0 Å². The average Bonchev–Trinajstić information content (AvgIpc) is 2.44. The lowest BCUT2D eigenvalue weighted by Crippen LogP contribution is -2.40. The second-order valence-corrected chi connectivity index (χ2v) is 4.25. The van der Waals surface area contributed by atoms with Crippen LogP contribution >= 0.6 is 0 Å². The van der Waals surface area contributed by atoms with Crippen molar-refractivity contribution >= 4 is 11.9 Å². The first-order valence-electron chi connectivity index (χ1n) is 6.46. The van der Waals surface area contributed by atoms with Crippen LogP contribution in [0.4, 0.5) is 0 Å². The SMILES string of the molecule is C=CCOc1ccccc1C(=O)N[C@H](CCC)C(=O)O. The van der Waals surface area contributed by atoms with E-state index in [1.807, 2.05) is 6.92 Å². The zero-order valence-corrected chi connectivity index (χ0v) is 11.5. The molecule has 0 radical (unpaired) electrons. The predicted molar refractivity (Wildman–Crippen MR) is 75.9 cm³/mol. The van der Waals surface area contributed by atoms with E-state index in [2.05, 4.69) is 11.9 Å². The van der Waals surface area contributed by atoms with E-state index in [4.69, 9.17) is 9.84 Å². The van der Waals surface area contributed by atoms with Gasteiger partial charge in [0.15, 0.2) is 0 Å². The normalized spacial score (nSPS) is 11.4. The fourth-order valence-corrected chi connectivity index (χ4v) is 1.71. The molecule has 108 valence electrons. The van der Waals surface area contributed by atoms with Gasteiger partial charge >= 0.3 is 5.97 Å². The van der Waals surface area contributed by atoms with Gasteiger partial charge in [0.05, 0.1) is 5.56 Å². The van der Waals surface area contributed by atoms with Crippen LogP contribution in [0.25, 0.3) is 0 Å². The number of ether oxygens (including phenoxy) is 1. The summed E-state index contributed by atoms with van der Waals surface area (Å²) in [5.41, 5.74) is 0.316. The summed E-state index contributed by atoms with van der Waals surface area (Å²) >= 11 is 0. The molecule has 0 aliphatic heterocycles. The van der Waals surface area contributed by atoms with Crippen LogP contribution < -0.4 is 10.1 Å². The molecule has 0 aliphatic rings. The van der Waals surface area contributed by atoms with E-state index < -0.39 is 17.9 Å². The van der Waals surface area contributed by atoms with Crippen molar-refractivity contribution in [3.63, 3.8) is 0 Å². The van der Waals surface area contributed by atoms with Crippen LogP contribution in [-0.4, -0.2) is 29.6 Å². The molecule has 1 aromatic rings. The number of carbonyl (C=O) groups is 2. The summed E-state index contributed by atoms with van der Waals surface area (Å²) in [4.78, 5) is 23.2. The van der Waals surface area contributed by atoms with Crippen molar-refractivity contribution in [2.45, 2.75) is 25.8 Å². The van der Waals surface area contributed by atoms with Crippen LogP contribution in [0.2, 0.25) is 0 Å². The molecule has 1 aromatic carbocycles. The van der Waals surface area contributed by atoms with E-state index in [-0.39, 0.29) is 6.61 Å². The van der Waals surface area contributed by atoms with E-state index in [0.29, 0.717) is 24.2 Å². The van der Waals surface area contributed by atoms with Crippen LogP contribution in [-0.2, 0) is 4.79 Å². The fourth-order valence-electron chi connectivity index (χ4n) is 1.71. The summed E-state index contributed by atoms with van der Waals surface area (Å²) in [6.45, 7) is 5.69. The summed E-state index contributed by atoms with van der Waals surface area (Å²) in [6, 6.07) is 5.81. The first-order chi connectivity index (χ1) is 9.60. The third-order valence-electron chi connectivity index (χ3n) is 2.67. The zero-order valence-electron chi connectivity index (χ0n) is 11.5. The van der Waals surface area contributed by atoms with Crippen LogP contribution in [0, 0.1) is 0 Å².